The number of benzene rings is 1. The number of nitrogens with one attached hydrogen (secondary N) is 1. The third-order valence-electron chi connectivity index (χ3n) is 2.64. The molecule has 0 saturated carbocycles. The molecule has 21 heavy (non-hydrogen) atoms. The van der Waals surface area contributed by atoms with Gasteiger partial charge in [-0.05, 0) is 47.0 Å². The fourth-order valence-electron chi connectivity index (χ4n) is 1.63. The molecule has 1 unspecified atom stereocenters. The highest BCUT2D eigenvalue weighted by Gasteiger charge is 2.19. The summed E-state index contributed by atoms with van der Waals surface area (Å²) >= 11 is 3.15. The molecule has 1 rings (SSSR count). The van der Waals surface area contributed by atoms with Crippen LogP contribution >= 0.6 is 26.6 Å². The van der Waals surface area contributed by atoms with Gasteiger partial charge in [0.25, 0.3) is 15.0 Å². The van der Waals surface area contributed by atoms with Crippen LogP contribution in [0, 0.1) is 6.92 Å². The lowest BCUT2D eigenvalue weighted by molar-refractivity contribution is 0.0953. The number of amides is 1. The maximum Gasteiger partial charge on any atom is 0.262 e. The molecule has 0 heterocycles. The van der Waals surface area contributed by atoms with Gasteiger partial charge in [0, 0.05) is 50.1 Å². The van der Waals surface area contributed by atoms with Crippen molar-refractivity contribution in [3.05, 3.63) is 27.7 Å². The van der Waals surface area contributed by atoms with E-state index >= 15 is 0 Å². The van der Waals surface area contributed by atoms with Gasteiger partial charge in [-0.25, -0.2) is 8.42 Å². The van der Waals surface area contributed by atoms with Gasteiger partial charge in [-0.15, -0.1) is 0 Å². The number of halogens is 2. The van der Waals surface area contributed by atoms with Gasteiger partial charge in [0.1, 0.15) is 0 Å². The zero-order valence-corrected chi connectivity index (χ0v) is 15.5. The summed E-state index contributed by atoms with van der Waals surface area (Å²) in [4.78, 5) is 11.9. The number of rotatable bonds is 6. The molecule has 0 aliphatic rings. The monoisotopic (exact) mass is 415 g/mol. The molecule has 0 fully saturated rings. The van der Waals surface area contributed by atoms with Gasteiger partial charge >= 0.3 is 0 Å². The van der Waals surface area contributed by atoms with Crippen molar-refractivity contribution in [2.45, 2.75) is 18.2 Å². The fourth-order valence-corrected chi connectivity index (χ4v) is 4.33. The number of carbonyl (C=O) groups is 1. The van der Waals surface area contributed by atoms with E-state index in [1.54, 1.807) is 19.2 Å². The van der Waals surface area contributed by atoms with Crippen molar-refractivity contribution in [3.8, 4) is 0 Å². The molecule has 1 aromatic carbocycles. The first-order valence-corrected chi connectivity index (χ1v) is 10.8. The van der Waals surface area contributed by atoms with Gasteiger partial charge in [0.15, 0.2) is 0 Å². The molecule has 1 atom stereocenters. The van der Waals surface area contributed by atoms with Crippen LogP contribution in [0.15, 0.2) is 21.5 Å². The zero-order valence-electron chi connectivity index (χ0n) is 11.5. The second-order valence-corrected chi connectivity index (χ2v) is 9.31. The molecule has 0 saturated heterocycles. The van der Waals surface area contributed by atoms with Crippen molar-refractivity contribution in [1.29, 1.82) is 0 Å². The van der Waals surface area contributed by atoms with E-state index < -0.39 is 25.8 Å². The van der Waals surface area contributed by atoms with E-state index in [4.69, 9.17) is 10.7 Å². The number of hydrogen-bond donors (Lipinski definition) is 1. The lowest BCUT2D eigenvalue weighted by Crippen LogP contribution is -2.25. The number of carbonyl (C=O) groups excluding carboxylic acids is 1. The maximum absolute atomic E-state index is 12.0. The maximum atomic E-state index is 12.0. The smallest absolute Gasteiger partial charge is 0.262 e. The van der Waals surface area contributed by atoms with Gasteiger partial charge in [-0.1, -0.05) is 0 Å². The normalized spacial score (nSPS) is 13.0. The highest BCUT2D eigenvalue weighted by Crippen LogP contribution is 2.29. The molecule has 118 valence electrons. The van der Waals surface area contributed by atoms with Crippen LogP contribution in [0.2, 0.25) is 0 Å². The lowest BCUT2D eigenvalue weighted by Gasteiger charge is -2.09. The van der Waals surface area contributed by atoms with E-state index in [9.17, 15) is 17.4 Å². The van der Waals surface area contributed by atoms with E-state index in [1.807, 2.05) is 0 Å². The molecular formula is C12H15BrClNO4S2. The third-order valence-corrected chi connectivity index (χ3v) is 6.16. The Hall–Kier alpha value is -0.440. The molecule has 0 bridgehead atoms. The Morgan fingerprint density at radius 3 is 2.57 bits per heavy atom. The Morgan fingerprint density at radius 1 is 1.43 bits per heavy atom. The second-order valence-electron chi connectivity index (χ2n) is 4.43. The summed E-state index contributed by atoms with van der Waals surface area (Å²) < 4.78 is 34.2. The van der Waals surface area contributed by atoms with Crippen molar-refractivity contribution in [2.24, 2.45) is 0 Å². The van der Waals surface area contributed by atoms with Crippen LogP contribution in [0.1, 0.15) is 22.3 Å². The van der Waals surface area contributed by atoms with Crippen LogP contribution in [0.3, 0.4) is 0 Å². The summed E-state index contributed by atoms with van der Waals surface area (Å²) in [5.74, 6) is 0.107. The summed E-state index contributed by atoms with van der Waals surface area (Å²) in [7, 11) is 0.506. The average molecular weight is 417 g/mol. The summed E-state index contributed by atoms with van der Waals surface area (Å²) in [5, 5.41) is 2.65. The lowest BCUT2D eigenvalue weighted by atomic mass is 10.1. The van der Waals surface area contributed by atoms with Gasteiger partial charge in [-0.2, -0.15) is 0 Å². The molecule has 0 aromatic heterocycles. The van der Waals surface area contributed by atoms with Crippen molar-refractivity contribution in [2.75, 3.05) is 18.6 Å². The molecule has 5 nitrogen and oxygen atoms in total. The third kappa shape index (κ3) is 5.69. The van der Waals surface area contributed by atoms with Crippen LogP contribution in [-0.2, 0) is 19.9 Å². The molecule has 1 aromatic rings. The Bertz CT molecular complexity index is 676. The van der Waals surface area contributed by atoms with Crippen LogP contribution < -0.4 is 5.32 Å². The predicted molar refractivity (Wildman–Crippen MR) is 87.8 cm³/mol. The Balaban J connectivity index is 2.91. The number of hydrogen-bond acceptors (Lipinski definition) is 4. The Labute approximate surface area is 139 Å². The zero-order chi connectivity index (χ0) is 16.2. The van der Waals surface area contributed by atoms with Gasteiger partial charge < -0.3 is 5.32 Å². The van der Waals surface area contributed by atoms with Crippen molar-refractivity contribution in [3.63, 3.8) is 0 Å². The highest BCUT2D eigenvalue weighted by atomic mass is 79.9. The second kappa shape index (κ2) is 7.71. The molecule has 0 aliphatic carbocycles. The minimum absolute atomic E-state index is 0.135. The van der Waals surface area contributed by atoms with Crippen LogP contribution in [-0.4, -0.2) is 37.1 Å². The first-order valence-electron chi connectivity index (χ1n) is 5.96. The predicted octanol–water partition coefficient (Wildman–Crippen LogP) is 2.18. The van der Waals surface area contributed by atoms with E-state index in [2.05, 4.69) is 21.2 Å². The molecule has 0 aliphatic heterocycles. The largest absolute Gasteiger partial charge is 0.352 e. The van der Waals surface area contributed by atoms with E-state index in [-0.39, 0.29) is 10.5 Å². The standard InChI is InChI=1S/C12H15BrClNO4S2/c1-8-6-9(7-10(11(8)13)21(14,18)19)12(16)15-4-3-5-20(2)17/h6-7H,3-5H2,1-2H3,(H,15,16). The van der Waals surface area contributed by atoms with Crippen LogP contribution in [0.4, 0.5) is 0 Å². The topological polar surface area (TPSA) is 80.3 Å². The van der Waals surface area contributed by atoms with Crippen molar-refractivity contribution < 1.29 is 17.4 Å². The Kier molecular flexibility index (Phi) is 6.83. The minimum atomic E-state index is -3.94. The summed E-state index contributed by atoms with van der Waals surface area (Å²) in [6.45, 7) is 2.04. The average Bonchev–Trinajstić information content (AvgIpc) is 2.35. The molecule has 1 amide bonds. The van der Waals surface area contributed by atoms with Crippen LogP contribution in [0.5, 0.6) is 0 Å². The first-order chi connectivity index (χ1) is 9.62. The minimum Gasteiger partial charge on any atom is -0.352 e. The van der Waals surface area contributed by atoms with Crippen molar-refractivity contribution >= 4 is 52.4 Å². The Morgan fingerprint density at radius 2 is 2.05 bits per heavy atom. The van der Waals surface area contributed by atoms with Gasteiger partial charge in [0.05, 0.1) is 4.90 Å². The summed E-state index contributed by atoms with van der Waals surface area (Å²) in [5.41, 5.74) is 0.809. The van der Waals surface area contributed by atoms with Crippen molar-refractivity contribution in [1.82, 2.24) is 5.32 Å². The van der Waals surface area contributed by atoms with E-state index in [0.717, 1.165) is 0 Å². The fraction of sp³-hybridized carbons (Fsp3) is 0.417. The quantitative estimate of drug-likeness (QED) is 0.569. The first kappa shape index (κ1) is 18.6. The molecule has 0 radical (unpaired) electrons. The van der Waals surface area contributed by atoms with Crippen LogP contribution in [0.25, 0.3) is 0 Å². The van der Waals surface area contributed by atoms with E-state index in [0.29, 0.717) is 28.8 Å². The molecular weight excluding hydrogens is 402 g/mol. The summed E-state index contributed by atoms with van der Waals surface area (Å²) in [6, 6.07) is 2.80. The molecule has 9 heteroatoms. The molecule has 1 N–H and O–H groups in total. The SMILES string of the molecule is Cc1cc(C(=O)NCCCS(C)=O)cc(S(=O)(=O)Cl)c1Br. The summed E-state index contributed by atoms with van der Waals surface area (Å²) in [6.07, 6.45) is 2.18. The number of aryl methyl sites for hydroxylation is 1. The van der Waals surface area contributed by atoms with E-state index in [1.165, 1.54) is 6.07 Å². The van der Waals surface area contributed by atoms with Gasteiger partial charge in [0.2, 0.25) is 0 Å². The van der Waals surface area contributed by atoms with Gasteiger partial charge in [-0.3, -0.25) is 9.00 Å². The highest BCUT2D eigenvalue weighted by molar-refractivity contribution is 9.10. The molecule has 0 spiro atoms.